The van der Waals surface area contributed by atoms with Gasteiger partial charge in [0.15, 0.2) is 5.78 Å². The fraction of sp³-hybridized carbons (Fsp3) is 0.500. The van der Waals surface area contributed by atoms with Gasteiger partial charge in [0.25, 0.3) is 0 Å². The molecule has 0 spiro atoms. The van der Waals surface area contributed by atoms with Gasteiger partial charge in [-0.1, -0.05) is 6.92 Å². The van der Waals surface area contributed by atoms with E-state index in [1.54, 1.807) is 13.0 Å². The van der Waals surface area contributed by atoms with Gasteiger partial charge < -0.3 is 9.15 Å². The van der Waals surface area contributed by atoms with Crippen molar-refractivity contribution in [3.05, 3.63) is 23.7 Å². The van der Waals surface area contributed by atoms with Crippen LogP contribution >= 0.6 is 0 Å². The summed E-state index contributed by atoms with van der Waals surface area (Å²) in [5, 5.41) is 0. The van der Waals surface area contributed by atoms with Crippen molar-refractivity contribution in [2.24, 2.45) is 0 Å². The van der Waals surface area contributed by atoms with Crippen LogP contribution in [0.5, 0.6) is 0 Å². The van der Waals surface area contributed by atoms with Crippen LogP contribution in [0.4, 0.5) is 0 Å². The molecule has 0 fully saturated rings. The second kappa shape index (κ2) is 4.82. The molecular weight excluding hydrogens is 168 g/mol. The number of ketones is 1. The van der Waals surface area contributed by atoms with Crippen LogP contribution in [0.25, 0.3) is 0 Å². The van der Waals surface area contributed by atoms with Gasteiger partial charge in [0.05, 0.1) is 11.8 Å². The predicted octanol–water partition coefficient (Wildman–Crippen LogP) is 2.20. The van der Waals surface area contributed by atoms with E-state index in [9.17, 15) is 4.79 Å². The molecule has 1 aromatic rings. The van der Waals surface area contributed by atoms with Crippen molar-refractivity contribution in [3.63, 3.8) is 0 Å². The summed E-state index contributed by atoms with van der Waals surface area (Å²) in [5.41, 5.74) is 0.621. The van der Waals surface area contributed by atoms with Crippen molar-refractivity contribution in [2.45, 2.75) is 20.3 Å². The Morgan fingerprint density at radius 2 is 2.38 bits per heavy atom. The summed E-state index contributed by atoms with van der Waals surface area (Å²) < 4.78 is 10.1. The molecule has 0 unspecified atom stereocenters. The summed E-state index contributed by atoms with van der Waals surface area (Å²) in [6.45, 7) is 4.55. The molecule has 1 aromatic heterocycles. The SMILES string of the molecule is CCCOCC(=O)c1ccoc1C. The summed E-state index contributed by atoms with van der Waals surface area (Å²) in [6, 6.07) is 1.67. The van der Waals surface area contributed by atoms with Crippen LogP contribution in [-0.2, 0) is 4.74 Å². The molecular formula is C10H14O3. The maximum Gasteiger partial charge on any atom is 0.191 e. The summed E-state index contributed by atoms with van der Waals surface area (Å²) >= 11 is 0. The number of hydrogen-bond donors (Lipinski definition) is 0. The van der Waals surface area contributed by atoms with Gasteiger partial charge in [0, 0.05) is 6.61 Å². The third kappa shape index (κ3) is 2.70. The molecule has 3 nitrogen and oxygen atoms in total. The quantitative estimate of drug-likeness (QED) is 0.517. The average molecular weight is 182 g/mol. The van der Waals surface area contributed by atoms with Crippen molar-refractivity contribution >= 4 is 5.78 Å². The van der Waals surface area contributed by atoms with Crippen molar-refractivity contribution in [3.8, 4) is 0 Å². The van der Waals surface area contributed by atoms with Crippen LogP contribution < -0.4 is 0 Å². The molecule has 72 valence electrons. The van der Waals surface area contributed by atoms with E-state index in [2.05, 4.69) is 0 Å². The van der Waals surface area contributed by atoms with Gasteiger partial charge in [-0.3, -0.25) is 4.79 Å². The lowest BCUT2D eigenvalue weighted by atomic mass is 10.2. The summed E-state index contributed by atoms with van der Waals surface area (Å²) in [7, 11) is 0. The molecule has 0 bridgehead atoms. The Labute approximate surface area is 77.7 Å². The summed E-state index contributed by atoms with van der Waals surface area (Å²) in [5.74, 6) is 0.643. The molecule has 0 aromatic carbocycles. The van der Waals surface area contributed by atoms with Gasteiger partial charge in [-0.2, -0.15) is 0 Å². The van der Waals surface area contributed by atoms with Crippen molar-refractivity contribution in [2.75, 3.05) is 13.2 Å². The smallest absolute Gasteiger partial charge is 0.191 e. The van der Waals surface area contributed by atoms with E-state index in [1.807, 2.05) is 6.92 Å². The fourth-order valence-electron chi connectivity index (χ4n) is 1.06. The normalized spacial score (nSPS) is 10.3. The van der Waals surface area contributed by atoms with E-state index in [4.69, 9.17) is 9.15 Å². The number of rotatable bonds is 5. The molecule has 13 heavy (non-hydrogen) atoms. The van der Waals surface area contributed by atoms with Gasteiger partial charge in [0.2, 0.25) is 0 Å². The number of aryl methyl sites for hydroxylation is 1. The van der Waals surface area contributed by atoms with E-state index in [0.717, 1.165) is 6.42 Å². The third-order valence-corrected chi connectivity index (χ3v) is 1.74. The minimum Gasteiger partial charge on any atom is -0.469 e. The van der Waals surface area contributed by atoms with E-state index >= 15 is 0 Å². The number of carbonyl (C=O) groups excluding carboxylic acids is 1. The van der Waals surface area contributed by atoms with Crippen molar-refractivity contribution in [1.29, 1.82) is 0 Å². The zero-order chi connectivity index (χ0) is 9.68. The first-order valence-electron chi connectivity index (χ1n) is 4.40. The van der Waals surface area contributed by atoms with Crippen LogP contribution in [0.3, 0.4) is 0 Å². The van der Waals surface area contributed by atoms with E-state index in [1.165, 1.54) is 6.26 Å². The molecule has 0 amide bonds. The average Bonchev–Trinajstić information content (AvgIpc) is 2.52. The zero-order valence-corrected chi connectivity index (χ0v) is 8.00. The van der Waals surface area contributed by atoms with Crippen LogP contribution in [0.15, 0.2) is 16.7 Å². The maximum absolute atomic E-state index is 11.4. The second-order valence-corrected chi connectivity index (χ2v) is 2.87. The summed E-state index contributed by atoms with van der Waals surface area (Å²) in [4.78, 5) is 11.4. The number of hydrogen-bond acceptors (Lipinski definition) is 3. The number of ether oxygens (including phenoxy) is 1. The minimum absolute atomic E-state index is 0.0142. The standard InChI is InChI=1S/C10H14O3/c1-3-5-12-7-10(11)9-4-6-13-8(9)2/h4,6H,3,5,7H2,1-2H3. The predicted molar refractivity (Wildman–Crippen MR) is 48.9 cm³/mol. The van der Waals surface area contributed by atoms with Gasteiger partial charge in [-0.15, -0.1) is 0 Å². The highest BCUT2D eigenvalue weighted by Gasteiger charge is 2.10. The first-order valence-corrected chi connectivity index (χ1v) is 4.40. The third-order valence-electron chi connectivity index (χ3n) is 1.74. The molecule has 0 atom stereocenters. The molecule has 1 rings (SSSR count). The monoisotopic (exact) mass is 182 g/mol. The number of carbonyl (C=O) groups is 1. The Bertz CT molecular complexity index is 275. The molecule has 0 N–H and O–H groups in total. The van der Waals surface area contributed by atoms with Gasteiger partial charge in [0.1, 0.15) is 12.4 Å². The lowest BCUT2D eigenvalue weighted by Crippen LogP contribution is -2.09. The molecule has 0 radical (unpaired) electrons. The number of Topliss-reactive ketones (excluding diaryl/α,β-unsaturated/α-hetero) is 1. The zero-order valence-electron chi connectivity index (χ0n) is 8.00. The number of furan rings is 1. The molecule has 0 aliphatic carbocycles. The maximum atomic E-state index is 11.4. The van der Waals surface area contributed by atoms with Crippen LogP contribution in [0.2, 0.25) is 0 Å². The van der Waals surface area contributed by atoms with Gasteiger partial charge in [-0.25, -0.2) is 0 Å². The van der Waals surface area contributed by atoms with Crippen LogP contribution in [0.1, 0.15) is 29.5 Å². The lowest BCUT2D eigenvalue weighted by Gasteiger charge is -2.00. The Morgan fingerprint density at radius 3 is 2.92 bits per heavy atom. The first-order chi connectivity index (χ1) is 6.25. The molecule has 0 saturated carbocycles. The highest BCUT2D eigenvalue weighted by molar-refractivity contribution is 5.97. The summed E-state index contributed by atoms with van der Waals surface area (Å²) in [6.07, 6.45) is 2.44. The molecule has 0 aliphatic rings. The van der Waals surface area contributed by atoms with Crippen molar-refractivity contribution < 1.29 is 13.9 Å². The fourth-order valence-corrected chi connectivity index (χ4v) is 1.06. The minimum atomic E-state index is -0.0142. The lowest BCUT2D eigenvalue weighted by molar-refractivity contribution is 0.0760. The Balaban J connectivity index is 2.45. The Hall–Kier alpha value is -1.09. The molecule has 1 heterocycles. The van der Waals surface area contributed by atoms with E-state index < -0.39 is 0 Å². The van der Waals surface area contributed by atoms with E-state index in [-0.39, 0.29) is 12.4 Å². The Morgan fingerprint density at radius 1 is 1.62 bits per heavy atom. The van der Waals surface area contributed by atoms with Gasteiger partial charge >= 0.3 is 0 Å². The highest BCUT2D eigenvalue weighted by Crippen LogP contribution is 2.09. The second-order valence-electron chi connectivity index (χ2n) is 2.87. The molecule has 0 saturated heterocycles. The van der Waals surface area contributed by atoms with E-state index in [0.29, 0.717) is 17.9 Å². The topological polar surface area (TPSA) is 39.4 Å². The van der Waals surface area contributed by atoms with Crippen molar-refractivity contribution in [1.82, 2.24) is 0 Å². The highest BCUT2D eigenvalue weighted by atomic mass is 16.5. The Kier molecular flexibility index (Phi) is 3.71. The van der Waals surface area contributed by atoms with Crippen LogP contribution in [0, 0.1) is 6.92 Å². The van der Waals surface area contributed by atoms with Gasteiger partial charge in [-0.05, 0) is 19.4 Å². The largest absolute Gasteiger partial charge is 0.469 e. The first kappa shape index (κ1) is 9.99. The van der Waals surface area contributed by atoms with Crippen LogP contribution in [-0.4, -0.2) is 19.0 Å². The molecule has 3 heteroatoms. The molecule has 0 aliphatic heterocycles.